The van der Waals surface area contributed by atoms with Crippen molar-refractivity contribution in [2.75, 3.05) is 20.6 Å². The van der Waals surface area contributed by atoms with Crippen LogP contribution >= 0.6 is 0 Å². The molecular formula is C31H34F3N7O2. The van der Waals surface area contributed by atoms with Gasteiger partial charge in [0.1, 0.15) is 23.0 Å². The van der Waals surface area contributed by atoms with Gasteiger partial charge in [-0.3, -0.25) is 9.59 Å². The van der Waals surface area contributed by atoms with E-state index < -0.39 is 17.9 Å². The number of imidazole rings is 2. The lowest BCUT2D eigenvalue weighted by atomic mass is 10.0. The molecule has 4 aromatic rings. The molecule has 226 valence electrons. The van der Waals surface area contributed by atoms with Crippen molar-refractivity contribution in [2.24, 2.45) is 0 Å². The zero-order chi connectivity index (χ0) is 30.9. The summed E-state index contributed by atoms with van der Waals surface area (Å²) >= 11 is 0. The molecule has 2 aromatic heterocycles. The molecule has 1 aliphatic heterocycles. The van der Waals surface area contributed by atoms with Crippen molar-refractivity contribution in [1.29, 1.82) is 0 Å². The number of nitrogens with one attached hydrogen (secondary N) is 3. The van der Waals surface area contributed by atoms with Gasteiger partial charge in [-0.2, -0.15) is 13.2 Å². The molecule has 1 aliphatic rings. The first-order chi connectivity index (χ1) is 20.5. The molecule has 3 atom stereocenters. The van der Waals surface area contributed by atoms with Crippen LogP contribution in [0.1, 0.15) is 56.1 Å². The van der Waals surface area contributed by atoms with E-state index in [2.05, 4.69) is 25.3 Å². The van der Waals surface area contributed by atoms with Crippen LogP contribution in [0.4, 0.5) is 13.2 Å². The van der Waals surface area contributed by atoms with Gasteiger partial charge >= 0.3 is 6.18 Å². The number of likely N-dealkylation sites (tertiary alicyclic amines) is 1. The van der Waals surface area contributed by atoms with Crippen molar-refractivity contribution in [3.63, 3.8) is 0 Å². The Morgan fingerprint density at radius 1 is 1.05 bits per heavy atom. The largest absolute Gasteiger partial charge is 0.433 e. The third-order valence-corrected chi connectivity index (χ3v) is 8.16. The van der Waals surface area contributed by atoms with Crippen molar-refractivity contribution in [3.8, 4) is 33.6 Å². The standard InChI is InChI=1S/C31H34F3N7O2/c1-18(35-3)30(43)40(4)19(2)28-36-16-24(37-28)22-11-7-20(8-12-22)21-9-13-23(14-10-21)26-27(31(32,33)34)39-29(38-26)25-6-5-15-41(25)17-42/h7-14,16-19,25,35H,5-6,15H2,1-4H3,(H,36,37)(H,38,39)/t18-,19-,25-/m0/s1. The van der Waals surface area contributed by atoms with Crippen molar-refractivity contribution < 1.29 is 22.8 Å². The zero-order valence-electron chi connectivity index (χ0n) is 24.4. The van der Waals surface area contributed by atoms with Gasteiger partial charge in [0.25, 0.3) is 0 Å². The number of alkyl halides is 3. The molecule has 1 fully saturated rings. The maximum atomic E-state index is 13.9. The van der Waals surface area contributed by atoms with Gasteiger partial charge in [-0.15, -0.1) is 0 Å². The number of H-pyrrole nitrogens is 2. The van der Waals surface area contributed by atoms with Gasteiger partial charge in [-0.25, -0.2) is 9.97 Å². The molecule has 12 heteroatoms. The van der Waals surface area contributed by atoms with Crippen LogP contribution in [-0.2, 0) is 15.8 Å². The molecule has 43 heavy (non-hydrogen) atoms. The molecule has 0 saturated carbocycles. The lowest BCUT2D eigenvalue weighted by molar-refractivity contribution is -0.140. The number of rotatable bonds is 9. The van der Waals surface area contributed by atoms with E-state index in [0.29, 0.717) is 37.2 Å². The summed E-state index contributed by atoms with van der Waals surface area (Å²) in [5.74, 6) is 0.776. The fourth-order valence-corrected chi connectivity index (χ4v) is 5.33. The van der Waals surface area contributed by atoms with Crippen LogP contribution in [0.15, 0.2) is 54.7 Å². The Bertz CT molecular complexity index is 1580. The van der Waals surface area contributed by atoms with Gasteiger partial charge in [0, 0.05) is 19.2 Å². The fraction of sp³-hybridized carbons (Fsp3) is 0.355. The minimum Gasteiger partial charge on any atom is -0.340 e. The predicted octanol–water partition coefficient (Wildman–Crippen LogP) is 5.57. The van der Waals surface area contributed by atoms with E-state index >= 15 is 0 Å². The van der Waals surface area contributed by atoms with Gasteiger partial charge in [0.2, 0.25) is 12.3 Å². The minimum absolute atomic E-state index is 0.0379. The molecule has 2 aromatic carbocycles. The lowest BCUT2D eigenvalue weighted by Gasteiger charge is -2.26. The molecule has 0 unspecified atom stereocenters. The average molecular weight is 594 g/mol. The summed E-state index contributed by atoms with van der Waals surface area (Å²) in [5.41, 5.74) is 2.66. The second-order valence-electron chi connectivity index (χ2n) is 10.8. The predicted molar refractivity (Wildman–Crippen MR) is 156 cm³/mol. The minimum atomic E-state index is -4.62. The number of benzene rings is 2. The van der Waals surface area contributed by atoms with Crippen LogP contribution in [0.2, 0.25) is 0 Å². The summed E-state index contributed by atoms with van der Waals surface area (Å²) in [6.45, 7) is 4.21. The van der Waals surface area contributed by atoms with Gasteiger partial charge < -0.3 is 25.1 Å². The van der Waals surface area contributed by atoms with Crippen molar-refractivity contribution in [2.45, 2.75) is 51.0 Å². The first kappa shape index (κ1) is 30.0. The second-order valence-corrected chi connectivity index (χ2v) is 10.8. The molecule has 2 amide bonds. The average Bonchev–Trinajstić information content (AvgIpc) is 3.79. The van der Waals surface area contributed by atoms with E-state index in [0.717, 1.165) is 22.4 Å². The van der Waals surface area contributed by atoms with Crippen molar-refractivity contribution >= 4 is 12.3 Å². The number of likely N-dealkylation sites (N-methyl/N-ethyl adjacent to an activating group) is 2. The maximum Gasteiger partial charge on any atom is 0.433 e. The molecule has 3 heterocycles. The summed E-state index contributed by atoms with van der Waals surface area (Å²) < 4.78 is 41.8. The van der Waals surface area contributed by atoms with Crippen LogP contribution in [0.3, 0.4) is 0 Å². The van der Waals surface area contributed by atoms with Crippen molar-refractivity contribution in [3.05, 3.63) is 72.1 Å². The van der Waals surface area contributed by atoms with E-state index in [1.54, 1.807) is 49.5 Å². The number of aromatic amines is 2. The van der Waals surface area contributed by atoms with E-state index in [-0.39, 0.29) is 29.5 Å². The van der Waals surface area contributed by atoms with Crippen LogP contribution in [0.25, 0.3) is 33.6 Å². The SMILES string of the molecule is CN[C@@H](C)C(=O)N(C)[C@@H](C)c1ncc(-c2ccc(-c3ccc(-c4nc([C@@H]5CCCN5C=O)[nH]c4C(F)(F)F)cc3)cc2)[nH]1. The quantitative estimate of drug-likeness (QED) is 0.220. The molecule has 0 radical (unpaired) electrons. The molecule has 3 N–H and O–H groups in total. The normalized spacial score (nSPS) is 16.7. The molecule has 0 aliphatic carbocycles. The van der Waals surface area contributed by atoms with E-state index in [1.807, 2.05) is 38.1 Å². The Morgan fingerprint density at radius 3 is 2.23 bits per heavy atom. The van der Waals surface area contributed by atoms with Crippen LogP contribution in [0.5, 0.6) is 0 Å². The third kappa shape index (κ3) is 6.05. The summed E-state index contributed by atoms with van der Waals surface area (Å²) in [4.78, 5) is 41.6. The van der Waals surface area contributed by atoms with Gasteiger partial charge in [-0.05, 0) is 50.4 Å². The number of carbonyl (C=O) groups excluding carboxylic acids is 2. The Kier molecular flexibility index (Phi) is 8.41. The highest BCUT2D eigenvalue weighted by atomic mass is 19.4. The number of hydrogen-bond acceptors (Lipinski definition) is 5. The first-order valence-corrected chi connectivity index (χ1v) is 14.1. The van der Waals surface area contributed by atoms with Crippen molar-refractivity contribution in [1.82, 2.24) is 35.1 Å². The van der Waals surface area contributed by atoms with E-state index in [9.17, 15) is 22.8 Å². The van der Waals surface area contributed by atoms with Crippen LogP contribution < -0.4 is 5.32 Å². The van der Waals surface area contributed by atoms with Crippen LogP contribution in [-0.4, -0.2) is 68.7 Å². The lowest BCUT2D eigenvalue weighted by Crippen LogP contribution is -2.42. The smallest absolute Gasteiger partial charge is 0.340 e. The fourth-order valence-electron chi connectivity index (χ4n) is 5.33. The Labute approximate surface area is 247 Å². The van der Waals surface area contributed by atoms with Gasteiger partial charge in [0.15, 0.2) is 0 Å². The number of carbonyl (C=O) groups is 2. The Morgan fingerprint density at radius 2 is 1.65 bits per heavy atom. The topological polar surface area (TPSA) is 110 Å². The first-order valence-electron chi connectivity index (χ1n) is 14.1. The maximum absolute atomic E-state index is 13.9. The third-order valence-electron chi connectivity index (χ3n) is 8.16. The van der Waals surface area contributed by atoms with Gasteiger partial charge in [0.05, 0.1) is 30.0 Å². The summed E-state index contributed by atoms with van der Waals surface area (Å²) in [6.07, 6.45) is -0.967. The highest BCUT2D eigenvalue weighted by Gasteiger charge is 2.39. The Hall–Kier alpha value is -4.45. The monoisotopic (exact) mass is 593 g/mol. The Balaban J connectivity index is 1.34. The number of hydrogen-bond donors (Lipinski definition) is 3. The number of halogens is 3. The molecule has 0 spiro atoms. The van der Waals surface area contributed by atoms with Crippen LogP contribution in [0, 0.1) is 0 Å². The number of aromatic nitrogens is 4. The number of nitrogens with zero attached hydrogens (tertiary/aromatic N) is 4. The molecular weight excluding hydrogens is 559 g/mol. The summed E-state index contributed by atoms with van der Waals surface area (Å²) in [7, 11) is 3.48. The van der Waals surface area contributed by atoms with E-state index in [4.69, 9.17) is 0 Å². The summed E-state index contributed by atoms with van der Waals surface area (Å²) in [5, 5.41) is 2.95. The summed E-state index contributed by atoms with van der Waals surface area (Å²) in [6, 6.07) is 13.5. The highest BCUT2D eigenvalue weighted by Crippen LogP contribution is 2.39. The molecule has 9 nitrogen and oxygen atoms in total. The van der Waals surface area contributed by atoms with E-state index in [1.165, 1.54) is 4.90 Å². The molecule has 5 rings (SSSR count). The van der Waals surface area contributed by atoms with Gasteiger partial charge in [-0.1, -0.05) is 48.5 Å². The molecule has 1 saturated heterocycles. The number of amides is 2. The second kappa shape index (κ2) is 12.0. The highest BCUT2D eigenvalue weighted by molar-refractivity contribution is 5.81. The molecule has 0 bridgehead atoms. The zero-order valence-corrected chi connectivity index (χ0v) is 24.4.